The molecular formula is C25H28N2O4S. The molecule has 1 unspecified atom stereocenters. The molecule has 168 valence electrons. The number of carbonyl (C=O) groups is 2. The molecule has 2 N–H and O–H groups in total. The minimum atomic E-state index is -1.02. The van der Waals surface area contributed by atoms with Crippen LogP contribution in [0.5, 0.6) is 5.75 Å². The van der Waals surface area contributed by atoms with E-state index in [1.807, 2.05) is 53.4 Å². The quantitative estimate of drug-likeness (QED) is 0.573. The Morgan fingerprint density at radius 1 is 1.16 bits per heavy atom. The van der Waals surface area contributed by atoms with Gasteiger partial charge in [0.1, 0.15) is 5.75 Å². The average molecular weight is 453 g/mol. The molecular weight excluding hydrogens is 424 g/mol. The number of rotatable bonds is 7. The Balaban J connectivity index is 1.56. The first kappa shape index (κ1) is 22.3. The summed E-state index contributed by atoms with van der Waals surface area (Å²) < 4.78 is 5.19. The zero-order valence-electron chi connectivity index (χ0n) is 18.1. The number of thioether (sulfide) groups is 1. The summed E-state index contributed by atoms with van der Waals surface area (Å²) in [7, 11) is 0. The number of hydrogen-bond acceptors (Lipinski definition) is 5. The van der Waals surface area contributed by atoms with Gasteiger partial charge in [-0.05, 0) is 54.7 Å². The molecule has 7 heteroatoms. The Morgan fingerprint density at radius 3 is 2.56 bits per heavy atom. The van der Waals surface area contributed by atoms with E-state index in [4.69, 9.17) is 9.84 Å². The van der Waals surface area contributed by atoms with Crippen molar-refractivity contribution in [3.63, 3.8) is 0 Å². The first-order valence-electron chi connectivity index (χ1n) is 11.0. The SMILES string of the molecule is C[C@@H]1CCCC[C@@H]1N1C(=O)/C(=C/c2ccc(OCC(=O)O)cc2)SC1Nc1ccccc1. The van der Waals surface area contributed by atoms with Gasteiger partial charge in [-0.1, -0.05) is 61.9 Å². The van der Waals surface area contributed by atoms with Gasteiger partial charge in [0.15, 0.2) is 12.1 Å². The van der Waals surface area contributed by atoms with Crippen LogP contribution in [0.1, 0.15) is 38.2 Å². The van der Waals surface area contributed by atoms with E-state index < -0.39 is 5.97 Å². The van der Waals surface area contributed by atoms with Gasteiger partial charge in [-0.15, -0.1) is 0 Å². The maximum absolute atomic E-state index is 13.5. The lowest BCUT2D eigenvalue weighted by molar-refractivity contribution is -0.139. The largest absolute Gasteiger partial charge is 0.482 e. The second-order valence-corrected chi connectivity index (χ2v) is 9.40. The van der Waals surface area contributed by atoms with Crippen molar-refractivity contribution in [1.82, 2.24) is 4.90 Å². The lowest BCUT2D eigenvalue weighted by Gasteiger charge is -2.39. The van der Waals surface area contributed by atoms with E-state index >= 15 is 0 Å². The standard InChI is InChI=1S/C25H28N2O4S/c1-17-7-5-6-10-21(17)27-24(30)22(32-25(27)26-19-8-3-2-4-9-19)15-18-11-13-20(14-12-18)31-16-23(28)29/h2-4,8-9,11-15,17,21,25-26H,5-7,10,16H2,1H3,(H,28,29)/b22-15-/t17-,21+,25?/m1/s1. The van der Waals surface area contributed by atoms with Crippen LogP contribution < -0.4 is 10.1 Å². The first-order valence-corrected chi connectivity index (χ1v) is 11.9. The normalized spacial score (nSPS) is 24.5. The molecule has 0 aromatic heterocycles. The highest BCUT2D eigenvalue weighted by molar-refractivity contribution is 8.05. The molecule has 32 heavy (non-hydrogen) atoms. The van der Waals surface area contributed by atoms with Crippen LogP contribution in [0, 0.1) is 5.92 Å². The molecule has 2 aliphatic rings. The molecule has 1 amide bonds. The topological polar surface area (TPSA) is 78.9 Å². The fraction of sp³-hybridized carbons (Fsp3) is 0.360. The molecule has 6 nitrogen and oxygen atoms in total. The first-order chi connectivity index (χ1) is 15.5. The third-order valence-electron chi connectivity index (χ3n) is 5.96. The third kappa shape index (κ3) is 5.27. The second kappa shape index (κ2) is 10.1. The number of ether oxygens (including phenoxy) is 1. The summed E-state index contributed by atoms with van der Waals surface area (Å²) in [5.74, 6) is 0.00569. The van der Waals surface area contributed by atoms with Crippen molar-refractivity contribution in [2.75, 3.05) is 11.9 Å². The number of amides is 1. The summed E-state index contributed by atoms with van der Waals surface area (Å²) in [4.78, 5) is 26.9. The number of carboxylic acid groups (broad SMARTS) is 1. The predicted molar refractivity (Wildman–Crippen MR) is 127 cm³/mol. The number of anilines is 1. The minimum Gasteiger partial charge on any atom is -0.482 e. The predicted octanol–water partition coefficient (Wildman–Crippen LogP) is 5.04. The van der Waals surface area contributed by atoms with E-state index in [-0.39, 0.29) is 24.1 Å². The number of para-hydroxylation sites is 1. The van der Waals surface area contributed by atoms with Crippen LogP contribution in [0.3, 0.4) is 0 Å². The van der Waals surface area contributed by atoms with Crippen molar-refractivity contribution in [2.24, 2.45) is 5.92 Å². The lowest BCUT2D eigenvalue weighted by atomic mass is 9.85. The Hall–Kier alpha value is -2.93. The fourth-order valence-electron chi connectivity index (χ4n) is 4.32. The number of carbonyl (C=O) groups excluding carboxylic acids is 1. The second-order valence-electron chi connectivity index (χ2n) is 8.28. The van der Waals surface area contributed by atoms with Crippen LogP contribution >= 0.6 is 11.8 Å². The molecule has 1 aliphatic heterocycles. The van der Waals surface area contributed by atoms with Gasteiger partial charge < -0.3 is 20.1 Å². The molecule has 1 heterocycles. The highest BCUT2D eigenvalue weighted by Crippen LogP contribution is 2.42. The zero-order chi connectivity index (χ0) is 22.5. The van der Waals surface area contributed by atoms with E-state index in [0.717, 1.165) is 30.5 Å². The van der Waals surface area contributed by atoms with Gasteiger partial charge in [-0.25, -0.2) is 4.79 Å². The summed E-state index contributed by atoms with van der Waals surface area (Å²) in [6.07, 6.45) is 6.46. The van der Waals surface area contributed by atoms with Gasteiger partial charge in [0.2, 0.25) is 0 Å². The summed E-state index contributed by atoms with van der Waals surface area (Å²) >= 11 is 1.55. The maximum Gasteiger partial charge on any atom is 0.341 e. The molecule has 2 aromatic carbocycles. The molecule has 1 saturated heterocycles. The highest BCUT2D eigenvalue weighted by Gasteiger charge is 2.42. The van der Waals surface area contributed by atoms with Crippen LogP contribution in [-0.4, -0.2) is 40.0 Å². The van der Waals surface area contributed by atoms with E-state index in [0.29, 0.717) is 16.6 Å². The molecule has 0 bridgehead atoms. The van der Waals surface area contributed by atoms with Gasteiger partial charge in [-0.2, -0.15) is 0 Å². The Labute approximate surface area is 192 Å². The molecule has 0 radical (unpaired) electrons. The van der Waals surface area contributed by atoms with E-state index in [1.165, 1.54) is 6.42 Å². The molecule has 1 saturated carbocycles. The summed E-state index contributed by atoms with van der Waals surface area (Å²) in [5, 5.41) is 12.3. The van der Waals surface area contributed by atoms with Gasteiger partial charge in [0.05, 0.1) is 4.91 Å². The molecule has 2 aromatic rings. The average Bonchev–Trinajstić information content (AvgIpc) is 3.08. The summed E-state index contributed by atoms with van der Waals surface area (Å²) in [6.45, 7) is 1.87. The zero-order valence-corrected chi connectivity index (χ0v) is 18.9. The van der Waals surface area contributed by atoms with Crippen LogP contribution in [-0.2, 0) is 9.59 Å². The van der Waals surface area contributed by atoms with Crippen LogP contribution in [0.15, 0.2) is 59.5 Å². The third-order valence-corrected chi connectivity index (χ3v) is 7.08. The van der Waals surface area contributed by atoms with Gasteiger partial charge in [-0.3, -0.25) is 4.79 Å². The fourth-order valence-corrected chi connectivity index (χ4v) is 5.54. The lowest BCUT2D eigenvalue weighted by Crippen LogP contribution is -2.48. The van der Waals surface area contributed by atoms with Crippen molar-refractivity contribution in [2.45, 2.75) is 44.1 Å². The smallest absolute Gasteiger partial charge is 0.341 e. The monoisotopic (exact) mass is 452 g/mol. The van der Waals surface area contributed by atoms with Crippen molar-refractivity contribution in [3.8, 4) is 5.75 Å². The number of nitrogens with zero attached hydrogens (tertiary/aromatic N) is 1. The molecule has 4 rings (SSSR count). The van der Waals surface area contributed by atoms with Crippen LogP contribution in [0.2, 0.25) is 0 Å². The van der Waals surface area contributed by atoms with Crippen LogP contribution in [0.4, 0.5) is 5.69 Å². The number of aliphatic carboxylic acids is 1. The number of hydrogen-bond donors (Lipinski definition) is 2. The van der Waals surface area contributed by atoms with E-state index in [9.17, 15) is 9.59 Å². The highest BCUT2D eigenvalue weighted by atomic mass is 32.2. The van der Waals surface area contributed by atoms with E-state index in [2.05, 4.69) is 12.2 Å². The number of carboxylic acids is 1. The van der Waals surface area contributed by atoms with Crippen molar-refractivity contribution in [3.05, 3.63) is 65.1 Å². The van der Waals surface area contributed by atoms with Crippen molar-refractivity contribution in [1.29, 1.82) is 0 Å². The van der Waals surface area contributed by atoms with Crippen molar-refractivity contribution < 1.29 is 19.4 Å². The summed E-state index contributed by atoms with van der Waals surface area (Å²) in [6, 6.07) is 17.3. The van der Waals surface area contributed by atoms with Gasteiger partial charge in [0.25, 0.3) is 5.91 Å². The van der Waals surface area contributed by atoms with Crippen molar-refractivity contribution >= 4 is 35.4 Å². The van der Waals surface area contributed by atoms with Crippen LogP contribution in [0.25, 0.3) is 6.08 Å². The summed E-state index contributed by atoms with van der Waals surface area (Å²) in [5.41, 5.74) is 1.72. The Bertz CT molecular complexity index is 977. The maximum atomic E-state index is 13.5. The Kier molecular flexibility index (Phi) is 7.05. The van der Waals surface area contributed by atoms with Gasteiger partial charge in [0, 0.05) is 11.7 Å². The number of benzene rings is 2. The van der Waals surface area contributed by atoms with Gasteiger partial charge >= 0.3 is 5.97 Å². The minimum absolute atomic E-state index is 0.0633. The molecule has 3 atom stereocenters. The molecule has 1 aliphatic carbocycles. The molecule has 2 fully saturated rings. The molecule has 0 spiro atoms. The Morgan fingerprint density at radius 2 is 1.88 bits per heavy atom. The van der Waals surface area contributed by atoms with E-state index in [1.54, 1.807) is 23.9 Å². The number of nitrogens with one attached hydrogen (secondary N) is 1.